The van der Waals surface area contributed by atoms with Gasteiger partial charge in [0.2, 0.25) is 0 Å². The van der Waals surface area contributed by atoms with Crippen molar-refractivity contribution in [1.29, 1.82) is 0 Å². The Balaban J connectivity index is 1.66. The fourth-order valence-corrected chi connectivity index (χ4v) is 2.42. The maximum absolute atomic E-state index is 12.1. The Morgan fingerprint density at radius 2 is 1.84 bits per heavy atom. The van der Waals surface area contributed by atoms with E-state index in [1.165, 1.54) is 4.57 Å². The molecule has 2 heterocycles. The molecule has 25 heavy (non-hydrogen) atoms. The molecule has 0 saturated heterocycles. The van der Waals surface area contributed by atoms with Crippen LogP contribution in [0.25, 0.3) is 0 Å². The number of hydrogen-bond donors (Lipinski definition) is 2. The van der Waals surface area contributed by atoms with Gasteiger partial charge >= 0.3 is 6.03 Å². The molecule has 1 aromatic carbocycles. The van der Waals surface area contributed by atoms with Gasteiger partial charge in [0, 0.05) is 25.5 Å². The zero-order valence-electron chi connectivity index (χ0n) is 14.1. The molecule has 0 radical (unpaired) electrons. The van der Waals surface area contributed by atoms with Gasteiger partial charge in [-0.3, -0.25) is 14.8 Å². The number of amides is 2. The van der Waals surface area contributed by atoms with Gasteiger partial charge in [-0.05, 0) is 24.1 Å². The van der Waals surface area contributed by atoms with E-state index >= 15 is 0 Å². The van der Waals surface area contributed by atoms with E-state index in [0.717, 1.165) is 5.56 Å². The number of nitrogens with zero attached hydrogens (tertiary/aromatic N) is 3. The molecule has 0 unspecified atom stereocenters. The molecule has 0 aliphatic carbocycles. The van der Waals surface area contributed by atoms with Crippen molar-refractivity contribution in [2.75, 3.05) is 10.6 Å². The van der Waals surface area contributed by atoms with Crippen molar-refractivity contribution < 1.29 is 4.79 Å². The molecular weight excluding hydrogens is 318 g/mol. The van der Waals surface area contributed by atoms with Crippen molar-refractivity contribution in [1.82, 2.24) is 14.3 Å². The van der Waals surface area contributed by atoms with E-state index < -0.39 is 6.03 Å². The summed E-state index contributed by atoms with van der Waals surface area (Å²) in [5.41, 5.74) is 1.81. The standard InChI is InChI=1S/C18H19N5O2/c1-13-8-10-22(2)17(24)16(13)20-18(25)19-15-9-11-23(21-15)12-14-6-4-3-5-7-14/h3-11H,12H2,1-2H3,(H2,19,20,21,25). The second kappa shape index (κ2) is 7.04. The highest BCUT2D eigenvalue weighted by Crippen LogP contribution is 2.10. The second-order valence-corrected chi connectivity index (χ2v) is 5.75. The molecule has 0 atom stereocenters. The maximum Gasteiger partial charge on any atom is 0.325 e. The van der Waals surface area contributed by atoms with E-state index in [9.17, 15) is 9.59 Å². The van der Waals surface area contributed by atoms with Gasteiger partial charge in [0.1, 0.15) is 5.69 Å². The van der Waals surface area contributed by atoms with Gasteiger partial charge < -0.3 is 9.88 Å². The Morgan fingerprint density at radius 3 is 2.60 bits per heavy atom. The molecule has 3 aromatic rings. The lowest BCUT2D eigenvalue weighted by atomic mass is 10.2. The molecule has 3 rings (SSSR count). The molecule has 2 N–H and O–H groups in total. The third kappa shape index (κ3) is 3.95. The smallest absolute Gasteiger partial charge is 0.317 e. The summed E-state index contributed by atoms with van der Waals surface area (Å²) in [6.07, 6.45) is 3.45. The average Bonchev–Trinajstić information content (AvgIpc) is 3.03. The highest BCUT2D eigenvalue weighted by Gasteiger charge is 2.11. The minimum atomic E-state index is -0.503. The van der Waals surface area contributed by atoms with Crippen LogP contribution in [0.5, 0.6) is 0 Å². The molecule has 2 aromatic heterocycles. The Morgan fingerprint density at radius 1 is 1.08 bits per heavy atom. The average molecular weight is 337 g/mol. The van der Waals surface area contributed by atoms with Crippen LogP contribution in [0.2, 0.25) is 0 Å². The fourth-order valence-electron chi connectivity index (χ4n) is 2.42. The summed E-state index contributed by atoms with van der Waals surface area (Å²) in [6.45, 7) is 2.38. The van der Waals surface area contributed by atoms with Gasteiger partial charge in [0.15, 0.2) is 5.82 Å². The van der Waals surface area contributed by atoms with Gasteiger partial charge in [0.05, 0.1) is 6.54 Å². The van der Waals surface area contributed by atoms with Crippen LogP contribution in [0.1, 0.15) is 11.1 Å². The molecule has 0 fully saturated rings. The number of carbonyl (C=O) groups is 1. The first-order chi connectivity index (χ1) is 12.0. The Hall–Kier alpha value is -3.35. The number of aromatic nitrogens is 3. The number of rotatable bonds is 4. The predicted molar refractivity (Wildman–Crippen MR) is 96.8 cm³/mol. The molecule has 2 amide bonds. The van der Waals surface area contributed by atoms with E-state index in [1.807, 2.05) is 30.3 Å². The lowest BCUT2D eigenvalue weighted by Crippen LogP contribution is -2.28. The summed E-state index contributed by atoms with van der Waals surface area (Å²) in [6, 6.07) is 12.9. The summed E-state index contributed by atoms with van der Waals surface area (Å²) in [5.74, 6) is 0.416. The zero-order valence-corrected chi connectivity index (χ0v) is 14.1. The third-order valence-electron chi connectivity index (χ3n) is 3.78. The molecule has 0 aliphatic rings. The molecule has 0 bridgehead atoms. The van der Waals surface area contributed by atoms with E-state index in [0.29, 0.717) is 17.9 Å². The Labute approximate surface area is 144 Å². The lowest BCUT2D eigenvalue weighted by Gasteiger charge is -2.09. The molecule has 7 nitrogen and oxygen atoms in total. The highest BCUT2D eigenvalue weighted by molar-refractivity contribution is 5.99. The first kappa shape index (κ1) is 16.5. The molecule has 128 valence electrons. The maximum atomic E-state index is 12.1. The normalized spacial score (nSPS) is 10.5. The summed E-state index contributed by atoms with van der Waals surface area (Å²) < 4.78 is 3.15. The largest absolute Gasteiger partial charge is 0.325 e. The highest BCUT2D eigenvalue weighted by atomic mass is 16.2. The van der Waals surface area contributed by atoms with Crippen molar-refractivity contribution in [3.63, 3.8) is 0 Å². The van der Waals surface area contributed by atoms with Crippen LogP contribution in [0, 0.1) is 6.92 Å². The summed E-state index contributed by atoms with van der Waals surface area (Å²) in [4.78, 5) is 24.2. The Bertz CT molecular complexity index is 944. The summed E-state index contributed by atoms with van der Waals surface area (Å²) >= 11 is 0. The number of nitrogens with one attached hydrogen (secondary N) is 2. The third-order valence-corrected chi connectivity index (χ3v) is 3.78. The summed E-state index contributed by atoms with van der Waals surface area (Å²) in [5, 5.41) is 9.55. The number of carbonyl (C=O) groups excluding carboxylic acids is 1. The minimum Gasteiger partial charge on any atom is -0.317 e. The van der Waals surface area contributed by atoms with Crippen LogP contribution in [0.4, 0.5) is 16.3 Å². The monoisotopic (exact) mass is 337 g/mol. The first-order valence-electron chi connectivity index (χ1n) is 7.84. The fraction of sp³-hybridized carbons (Fsp3) is 0.167. The van der Waals surface area contributed by atoms with E-state index in [2.05, 4.69) is 15.7 Å². The molecular formula is C18H19N5O2. The van der Waals surface area contributed by atoms with Crippen LogP contribution in [-0.2, 0) is 13.6 Å². The Kier molecular flexibility index (Phi) is 4.65. The number of pyridine rings is 1. The van der Waals surface area contributed by atoms with Gasteiger partial charge in [-0.15, -0.1) is 0 Å². The topological polar surface area (TPSA) is 81.0 Å². The number of anilines is 2. The zero-order chi connectivity index (χ0) is 17.8. The number of aryl methyl sites for hydroxylation is 2. The number of hydrogen-bond acceptors (Lipinski definition) is 3. The molecule has 7 heteroatoms. The lowest BCUT2D eigenvalue weighted by molar-refractivity contribution is 0.262. The molecule has 0 saturated carbocycles. The van der Waals surface area contributed by atoms with Gasteiger partial charge in [0.25, 0.3) is 5.56 Å². The van der Waals surface area contributed by atoms with Gasteiger partial charge in [-0.1, -0.05) is 30.3 Å². The minimum absolute atomic E-state index is 0.256. The van der Waals surface area contributed by atoms with Crippen molar-refractivity contribution in [2.45, 2.75) is 13.5 Å². The molecule has 0 spiro atoms. The van der Waals surface area contributed by atoms with Crippen LogP contribution in [0.15, 0.2) is 59.7 Å². The van der Waals surface area contributed by atoms with Gasteiger partial charge in [-0.2, -0.15) is 5.10 Å². The predicted octanol–water partition coefficient (Wildman–Crippen LogP) is 2.58. The number of benzene rings is 1. The van der Waals surface area contributed by atoms with Crippen LogP contribution >= 0.6 is 0 Å². The van der Waals surface area contributed by atoms with Crippen LogP contribution in [0.3, 0.4) is 0 Å². The van der Waals surface area contributed by atoms with E-state index in [4.69, 9.17) is 0 Å². The number of urea groups is 1. The van der Waals surface area contributed by atoms with Crippen molar-refractivity contribution in [3.05, 3.63) is 76.3 Å². The van der Waals surface area contributed by atoms with Gasteiger partial charge in [-0.25, -0.2) is 4.79 Å². The summed E-state index contributed by atoms with van der Waals surface area (Å²) in [7, 11) is 1.64. The quantitative estimate of drug-likeness (QED) is 0.768. The molecule has 0 aliphatic heterocycles. The van der Waals surface area contributed by atoms with Crippen LogP contribution in [-0.4, -0.2) is 20.4 Å². The van der Waals surface area contributed by atoms with Crippen molar-refractivity contribution >= 4 is 17.5 Å². The van der Waals surface area contributed by atoms with Crippen LogP contribution < -0.4 is 16.2 Å². The van der Waals surface area contributed by atoms with Crippen molar-refractivity contribution in [3.8, 4) is 0 Å². The van der Waals surface area contributed by atoms with Crippen molar-refractivity contribution in [2.24, 2.45) is 7.05 Å². The second-order valence-electron chi connectivity index (χ2n) is 5.75. The van der Waals surface area contributed by atoms with E-state index in [1.54, 1.807) is 43.2 Å². The SMILES string of the molecule is Cc1ccn(C)c(=O)c1NC(=O)Nc1ccn(Cc2ccccc2)n1. The van der Waals surface area contributed by atoms with E-state index in [-0.39, 0.29) is 11.2 Å². The first-order valence-corrected chi connectivity index (χ1v) is 7.84.